The van der Waals surface area contributed by atoms with Crippen LogP contribution in [-0.4, -0.2) is 23.5 Å². The van der Waals surface area contributed by atoms with E-state index >= 15 is 0 Å². The summed E-state index contributed by atoms with van der Waals surface area (Å²) in [5.74, 6) is -0.993. The number of benzene rings is 2. The van der Waals surface area contributed by atoms with Gasteiger partial charge in [0.15, 0.2) is 11.7 Å². The summed E-state index contributed by atoms with van der Waals surface area (Å²) in [5, 5.41) is 2.24. The van der Waals surface area contributed by atoms with Crippen molar-refractivity contribution in [1.82, 2.24) is 16.2 Å². The number of ether oxygens (including phenoxy) is 1. The number of carbonyl (C=O) groups is 2. The number of hydrazine groups is 1. The van der Waals surface area contributed by atoms with Crippen molar-refractivity contribution >= 4 is 61.0 Å². The summed E-state index contributed by atoms with van der Waals surface area (Å²) in [6, 6.07) is 10.2. The fourth-order valence-electron chi connectivity index (χ4n) is 1.71. The van der Waals surface area contributed by atoms with E-state index < -0.39 is 17.6 Å². The van der Waals surface area contributed by atoms with E-state index in [1.807, 2.05) is 0 Å². The van der Waals surface area contributed by atoms with Crippen LogP contribution in [0.4, 0.5) is 4.39 Å². The predicted octanol–water partition coefficient (Wildman–Crippen LogP) is 3.07. The molecule has 0 heterocycles. The van der Waals surface area contributed by atoms with Crippen LogP contribution >= 0.6 is 44.1 Å². The highest BCUT2D eigenvalue weighted by atomic mass is 79.9. The third kappa shape index (κ3) is 6.36. The zero-order chi connectivity index (χ0) is 19.1. The quantitative estimate of drug-likeness (QED) is 0.440. The Balaban J connectivity index is 1.75. The van der Waals surface area contributed by atoms with Crippen LogP contribution in [0.15, 0.2) is 51.4 Å². The van der Waals surface area contributed by atoms with Gasteiger partial charge in [-0.1, -0.05) is 15.9 Å². The summed E-state index contributed by atoms with van der Waals surface area (Å²) in [6.07, 6.45) is 0. The maximum atomic E-state index is 12.8. The molecule has 0 saturated heterocycles. The van der Waals surface area contributed by atoms with E-state index in [1.165, 1.54) is 12.1 Å². The normalized spacial score (nSPS) is 9.96. The van der Waals surface area contributed by atoms with E-state index in [-0.39, 0.29) is 17.3 Å². The largest absolute Gasteiger partial charge is 0.483 e. The molecule has 0 fully saturated rings. The molecular weight excluding hydrogens is 493 g/mol. The summed E-state index contributed by atoms with van der Waals surface area (Å²) in [7, 11) is 0. The molecule has 3 N–H and O–H groups in total. The topological polar surface area (TPSA) is 79.5 Å². The van der Waals surface area contributed by atoms with Crippen molar-refractivity contribution in [2.45, 2.75) is 0 Å². The van der Waals surface area contributed by atoms with Crippen LogP contribution in [0.2, 0.25) is 0 Å². The lowest BCUT2D eigenvalue weighted by molar-refractivity contribution is -0.123. The lowest BCUT2D eigenvalue weighted by Crippen LogP contribution is -2.49. The van der Waals surface area contributed by atoms with Gasteiger partial charge in [0.1, 0.15) is 11.6 Å². The molecule has 0 aromatic heterocycles. The van der Waals surface area contributed by atoms with Crippen molar-refractivity contribution < 1.29 is 18.7 Å². The summed E-state index contributed by atoms with van der Waals surface area (Å²) in [6.45, 7) is -0.262. The van der Waals surface area contributed by atoms with Gasteiger partial charge >= 0.3 is 0 Å². The average molecular weight is 505 g/mol. The van der Waals surface area contributed by atoms with E-state index in [0.29, 0.717) is 10.2 Å². The molecule has 2 aromatic rings. The summed E-state index contributed by atoms with van der Waals surface area (Å²) in [5.41, 5.74) is 4.90. The molecule has 0 atom stereocenters. The van der Waals surface area contributed by atoms with Gasteiger partial charge in [-0.05, 0) is 70.6 Å². The molecule has 10 heteroatoms. The Morgan fingerprint density at radius 2 is 1.77 bits per heavy atom. The molecular formula is C16H12Br2FN3O3S. The van der Waals surface area contributed by atoms with Gasteiger partial charge in [0.25, 0.3) is 11.8 Å². The molecule has 0 aliphatic carbocycles. The maximum Gasteiger partial charge on any atom is 0.276 e. The fourth-order valence-corrected chi connectivity index (χ4v) is 3.01. The van der Waals surface area contributed by atoms with E-state index in [9.17, 15) is 14.0 Å². The van der Waals surface area contributed by atoms with E-state index in [0.717, 1.165) is 16.6 Å². The Morgan fingerprint density at radius 3 is 2.42 bits per heavy atom. The number of thiocarbonyl (C=S) groups is 1. The second kappa shape index (κ2) is 9.60. The molecule has 136 valence electrons. The summed E-state index contributed by atoms with van der Waals surface area (Å²) >= 11 is 11.5. The number of amides is 2. The molecule has 6 nitrogen and oxygen atoms in total. The van der Waals surface area contributed by atoms with Crippen molar-refractivity contribution in [2.24, 2.45) is 0 Å². The third-order valence-electron chi connectivity index (χ3n) is 2.90. The molecule has 2 rings (SSSR count). The van der Waals surface area contributed by atoms with Crippen LogP contribution in [0.1, 0.15) is 10.4 Å². The van der Waals surface area contributed by atoms with E-state index in [2.05, 4.69) is 48.0 Å². The number of halogens is 3. The lowest BCUT2D eigenvalue weighted by Gasteiger charge is -2.12. The van der Waals surface area contributed by atoms with Gasteiger partial charge in [-0.2, -0.15) is 0 Å². The third-order valence-corrected chi connectivity index (χ3v) is 4.22. The zero-order valence-electron chi connectivity index (χ0n) is 13.0. The second-order valence-electron chi connectivity index (χ2n) is 4.83. The molecule has 0 saturated carbocycles. The first-order valence-electron chi connectivity index (χ1n) is 7.09. The highest BCUT2D eigenvalue weighted by Crippen LogP contribution is 2.27. The highest BCUT2D eigenvalue weighted by Gasteiger charge is 2.10. The van der Waals surface area contributed by atoms with E-state index in [1.54, 1.807) is 18.2 Å². The van der Waals surface area contributed by atoms with Crippen LogP contribution in [-0.2, 0) is 4.79 Å². The monoisotopic (exact) mass is 503 g/mol. The first-order chi connectivity index (χ1) is 12.3. The predicted molar refractivity (Wildman–Crippen MR) is 105 cm³/mol. The number of hydrogen-bond donors (Lipinski definition) is 3. The maximum absolute atomic E-state index is 12.8. The Bertz CT molecular complexity index is 834. The Hall–Kier alpha value is -2.04. The minimum Gasteiger partial charge on any atom is -0.483 e. The van der Waals surface area contributed by atoms with Gasteiger partial charge in [-0.3, -0.25) is 25.8 Å². The molecule has 0 aliphatic heterocycles. The molecule has 2 aromatic carbocycles. The molecule has 0 aliphatic rings. The highest BCUT2D eigenvalue weighted by molar-refractivity contribution is 9.11. The average Bonchev–Trinajstić information content (AvgIpc) is 2.59. The van der Waals surface area contributed by atoms with Crippen LogP contribution in [0, 0.1) is 5.82 Å². The van der Waals surface area contributed by atoms with Gasteiger partial charge in [0.05, 0.1) is 4.47 Å². The Kier molecular flexibility index (Phi) is 7.49. The van der Waals surface area contributed by atoms with Crippen molar-refractivity contribution in [3.05, 3.63) is 62.8 Å². The first kappa shape index (κ1) is 20.3. The molecule has 0 bridgehead atoms. The number of carbonyl (C=O) groups excluding carboxylic acids is 2. The Morgan fingerprint density at radius 1 is 1.08 bits per heavy atom. The first-order valence-corrected chi connectivity index (χ1v) is 9.08. The summed E-state index contributed by atoms with van der Waals surface area (Å²) < 4.78 is 19.7. The van der Waals surface area contributed by atoms with Gasteiger partial charge in [0.2, 0.25) is 0 Å². The van der Waals surface area contributed by atoms with Crippen molar-refractivity contribution in [2.75, 3.05) is 6.61 Å². The molecule has 26 heavy (non-hydrogen) atoms. The SMILES string of the molecule is O=C(COc1ccc(Br)cc1Br)NNC(=S)NC(=O)c1ccc(F)cc1. The molecule has 0 radical (unpaired) electrons. The molecule has 0 unspecified atom stereocenters. The van der Waals surface area contributed by atoms with Crippen molar-refractivity contribution in [3.8, 4) is 5.75 Å². The van der Waals surface area contributed by atoms with Crippen molar-refractivity contribution in [1.29, 1.82) is 0 Å². The van der Waals surface area contributed by atoms with Crippen molar-refractivity contribution in [3.63, 3.8) is 0 Å². The molecule has 2 amide bonds. The van der Waals surface area contributed by atoms with Gasteiger partial charge in [0, 0.05) is 10.0 Å². The fraction of sp³-hybridized carbons (Fsp3) is 0.0625. The summed E-state index contributed by atoms with van der Waals surface area (Å²) in [4.78, 5) is 23.6. The van der Waals surface area contributed by atoms with Crippen LogP contribution in [0.25, 0.3) is 0 Å². The van der Waals surface area contributed by atoms with Gasteiger partial charge in [-0.25, -0.2) is 4.39 Å². The standard InChI is InChI=1S/C16H12Br2FN3O3S/c17-10-3-6-13(12(18)7-10)25-8-14(23)21-22-16(26)20-15(24)9-1-4-11(19)5-2-9/h1-7H,8H2,(H,21,23)(H2,20,22,24,26). The van der Waals surface area contributed by atoms with Gasteiger partial charge < -0.3 is 4.74 Å². The zero-order valence-corrected chi connectivity index (χ0v) is 17.0. The number of rotatable bonds is 4. The second-order valence-corrected chi connectivity index (χ2v) is 7.00. The van der Waals surface area contributed by atoms with Gasteiger partial charge in [-0.15, -0.1) is 0 Å². The number of hydrogen-bond acceptors (Lipinski definition) is 4. The van der Waals surface area contributed by atoms with Crippen LogP contribution < -0.4 is 20.9 Å². The smallest absolute Gasteiger partial charge is 0.276 e. The number of nitrogens with one attached hydrogen (secondary N) is 3. The lowest BCUT2D eigenvalue weighted by atomic mass is 10.2. The Labute approximate surface area is 170 Å². The minimum atomic E-state index is -0.535. The van der Waals surface area contributed by atoms with Crippen LogP contribution in [0.5, 0.6) is 5.75 Å². The van der Waals surface area contributed by atoms with E-state index in [4.69, 9.17) is 17.0 Å². The van der Waals surface area contributed by atoms with Crippen LogP contribution in [0.3, 0.4) is 0 Å². The molecule has 0 spiro atoms. The minimum absolute atomic E-state index is 0.113.